The zero-order valence-corrected chi connectivity index (χ0v) is 6.54. The fourth-order valence-electron chi connectivity index (χ4n) is 0. The molecule has 0 fully saturated rings. The normalized spacial score (nSPS) is 0. The molecule has 0 aromatic rings. The Morgan fingerprint density at radius 2 is 1.25 bits per heavy atom. The van der Waals surface area contributed by atoms with Crippen molar-refractivity contribution in [3.63, 3.8) is 0 Å². The Bertz CT molecular complexity index is 16.0. The van der Waals surface area contributed by atoms with E-state index in [1.54, 1.807) is 0 Å². The minimum Gasteiger partial charge on any atom is -1.00 e. The number of rotatable bonds is 0. The van der Waals surface area contributed by atoms with E-state index in [1.807, 2.05) is 0 Å². The van der Waals surface area contributed by atoms with Gasteiger partial charge in [-0.05, 0) is 11.0 Å². The average Bonchev–Trinajstić information content (AvgIpc) is 0. The van der Waals surface area contributed by atoms with Crippen LogP contribution in [0.1, 0.15) is 5.71 Å². The third kappa shape index (κ3) is 8.82. The monoisotopic (exact) mass is 134 g/mol. The smallest absolute Gasteiger partial charge is 1.00 e. The van der Waals surface area contributed by atoms with Crippen molar-refractivity contribution in [3.8, 4) is 0 Å². The fourth-order valence-corrected chi connectivity index (χ4v) is 0. The van der Waals surface area contributed by atoms with E-state index in [2.05, 4.69) is 0 Å². The van der Waals surface area contributed by atoms with Gasteiger partial charge in [0.1, 0.15) is 0 Å². The van der Waals surface area contributed by atoms with Crippen molar-refractivity contribution < 1.29 is 5.71 Å². The molecule has 0 saturated heterocycles. The molecule has 0 aliphatic heterocycles. The Morgan fingerprint density at radius 1 is 1.25 bits per heavy atom. The molecule has 0 nitrogen and oxygen atoms in total. The quantitative estimate of drug-likeness (QED) is 0.349. The summed E-state index contributed by atoms with van der Waals surface area (Å²) >= 11 is 0. The summed E-state index contributed by atoms with van der Waals surface area (Å²) < 4.78 is 0. The summed E-state index contributed by atoms with van der Waals surface area (Å²) in [5.74, 6) is 0. The first-order valence-corrected chi connectivity index (χ1v) is 0. The molecule has 0 atom stereocenters. The second-order valence-electron chi connectivity index (χ2n) is 0. The van der Waals surface area contributed by atoms with Gasteiger partial charge in [0.25, 0.3) is 0 Å². The zero-order valence-electron chi connectivity index (χ0n) is 5.91. The molecule has 0 N–H and O–H groups in total. The van der Waals surface area contributed by atoms with Gasteiger partial charge in [-0.2, -0.15) is 13.5 Å². The molecule has 0 bridgehead atoms. The molecule has 0 unspecified atom stereocenters. The molecule has 0 aliphatic carbocycles. The van der Waals surface area contributed by atoms with Gasteiger partial charge in [0, 0.05) is 0 Å². The molecule has 0 spiro atoms. The van der Waals surface area contributed by atoms with Crippen LogP contribution in [0.25, 0.3) is 0 Å². The molecule has 24 valence electrons. The average molecular weight is 135 g/mol. The van der Waals surface area contributed by atoms with E-state index >= 15 is 0 Å². The Kier molecular flexibility index (Phi) is 135. The van der Waals surface area contributed by atoms with Crippen molar-refractivity contribution in [2.24, 2.45) is 0 Å². The van der Waals surface area contributed by atoms with Gasteiger partial charge in [-0.1, -0.05) is 0 Å². The van der Waals surface area contributed by atoms with E-state index < -0.39 is 0 Å². The summed E-state index contributed by atoms with van der Waals surface area (Å²) in [6, 6.07) is 0. The first-order chi connectivity index (χ1) is 0. The molecule has 4 heteroatoms. The van der Waals surface area contributed by atoms with Gasteiger partial charge in [-0.15, -0.1) is 0 Å². The van der Waals surface area contributed by atoms with Crippen LogP contribution in [0.3, 0.4) is 0 Å². The van der Waals surface area contributed by atoms with Gasteiger partial charge in [0.05, 0.1) is 0 Å². The second kappa shape index (κ2) is 17.5. The fraction of sp³-hybridized carbons (Fsp3) is 0. The first-order valence-electron chi connectivity index (χ1n) is 0. The van der Waals surface area contributed by atoms with Crippen LogP contribution in [-0.4, -0.2) is 71.8 Å². The molecule has 0 aromatic heterocycles. The molecule has 0 heterocycles. The molecule has 4 heavy (non-hydrogen) atoms. The Labute approximate surface area is 89.7 Å². The van der Waals surface area contributed by atoms with E-state index in [-0.39, 0.29) is 91.0 Å². The van der Waals surface area contributed by atoms with Crippen LogP contribution >= 0.6 is 13.5 Å². The van der Waals surface area contributed by atoms with E-state index in [1.165, 1.54) is 0 Å². The maximum atomic E-state index is 0. The Balaban J connectivity index is 0. The van der Waals surface area contributed by atoms with Gasteiger partial charge < -0.3 is 5.71 Å². The minimum absolute atomic E-state index is 0. The molecule has 0 aliphatic rings. The molecule has 0 aromatic carbocycles. The summed E-state index contributed by atoms with van der Waals surface area (Å²) in [6.07, 6.45) is 0. The van der Waals surface area contributed by atoms with Crippen molar-refractivity contribution in [1.82, 2.24) is 0 Å². The van der Waals surface area contributed by atoms with Crippen molar-refractivity contribution >= 4 is 85.3 Å². The van der Waals surface area contributed by atoms with Crippen LogP contribution in [0, 0.1) is 0 Å². The molecule has 0 radical (unpaired) electrons. The maximum absolute atomic E-state index is 0. The van der Waals surface area contributed by atoms with Crippen LogP contribution in [0.15, 0.2) is 0 Å². The summed E-state index contributed by atoms with van der Waals surface area (Å²) in [7, 11) is 0. The van der Waals surface area contributed by atoms with Crippen molar-refractivity contribution in [1.29, 1.82) is 0 Å². The van der Waals surface area contributed by atoms with E-state index in [9.17, 15) is 0 Å². The Hall–Kier alpha value is 2.59. The summed E-state index contributed by atoms with van der Waals surface area (Å²) in [5, 5.41) is 0. The van der Waals surface area contributed by atoms with Gasteiger partial charge in [-0.25, -0.2) is 0 Å². The Morgan fingerprint density at radius 3 is 1.25 bits per heavy atom. The van der Waals surface area contributed by atoms with Crippen LogP contribution in [0.4, 0.5) is 0 Å². The summed E-state index contributed by atoms with van der Waals surface area (Å²) in [5.41, 5.74) is 0. The van der Waals surface area contributed by atoms with Crippen LogP contribution in [-0.2, 0) is 0 Å². The first kappa shape index (κ1) is 30.7. The second-order valence-corrected chi connectivity index (χ2v) is 0. The van der Waals surface area contributed by atoms with Crippen LogP contribution in [0.5, 0.6) is 0 Å². The topological polar surface area (TPSA) is 0 Å². The predicted molar refractivity (Wildman–Crippen MR) is 37.7 cm³/mol. The van der Waals surface area contributed by atoms with Crippen molar-refractivity contribution in [3.05, 3.63) is 0 Å². The van der Waals surface area contributed by atoms with Crippen molar-refractivity contribution in [2.75, 3.05) is 0 Å². The third-order valence-electron chi connectivity index (χ3n) is 0. The van der Waals surface area contributed by atoms with Gasteiger partial charge in [0.2, 0.25) is 0 Å². The molecular weight excluding hydrogens is 125 g/mol. The maximum Gasteiger partial charge on any atom is 2.00 e. The van der Waals surface area contributed by atoms with Gasteiger partial charge in [-0.3, -0.25) is 0 Å². The molecule has 0 amide bonds. The molecule has 0 saturated carbocycles. The standard InChI is InChI=1S/Ca.Mg.H2S.H4Si.4H/h;;1H2;1H4;;;;/q2*+2;;;4*-1. The number of hydrogen-bond donors (Lipinski definition) is 0. The van der Waals surface area contributed by atoms with Crippen LogP contribution < -0.4 is 0 Å². The SMILES string of the molecule is S.[Ca+2].[H-].[H-].[H-].[H-].[Mg+2].[SiH4]. The van der Waals surface area contributed by atoms with Gasteiger partial charge in [0.15, 0.2) is 0 Å². The van der Waals surface area contributed by atoms with E-state index in [4.69, 9.17) is 0 Å². The largest absolute Gasteiger partial charge is 2.00 e. The third-order valence-corrected chi connectivity index (χ3v) is 0. The minimum atomic E-state index is 0. The predicted octanol–water partition coefficient (Wildman–Crippen LogP) is -1.65. The zero-order chi connectivity index (χ0) is 0. The molecular formula is H10CaMgSSi. The van der Waals surface area contributed by atoms with Gasteiger partial charge >= 0.3 is 60.8 Å². The van der Waals surface area contributed by atoms with Crippen LogP contribution in [0.2, 0.25) is 0 Å². The summed E-state index contributed by atoms with van der Waals surface area (Å²) in [4.78, 5) is 0. The van der Waals surface area contributed by atoms with Crippen molar-refractivity contribution in [2.45, 2.75) is 0 Å². The van der Waals surface area contributed by atoms with E-state index in [0.717, 1.165) is 0 Å². The van der Waals surface area contributed by atoms with E-state index in [0.29, 0.717) is 0 Å². The summed E-state index contributed by atoms with van der Waals surface area (Å²) in [6.45, 7) is 0. The number of hydrogen-bond acceptors (Lipinski definition) is 0. The molecule has 0 rings (SSSR count).